The molecule has 1 aliphatic heterocycles. The standard InChI is InChI=1S/C23H27FN4O4/c1-4-31-19-13-18(27-8-10-30-11-9-27)20(32-5-2)12-17(19)26-23(29)22-15(3)25-21-7-6-16(24)14-28(21)22/h6-7,12-14H,4-5,8-11H2,1-3H3,(H,26,29). The van der Waals surface area contributed by atoms with Crippen molar-refractivity contribution in [3.63, 3.8) is 0 Å². The maximum atomic E-state index is 13.8. The predicted molar refractivity (Wildman–Crippen MR) is 120 cm³/mol. The van der Waals surface area contributed by atoms with Crippen LogP contribution in [0.5, 0.6) is 11.5 Å². The van der Waals surface area contributed by atoms with E-state index in [2.05, 4.69) is 15.2 Å². The van der Waals surface area contributed by atoms with Crippen LogP contribution in [0.4, 0.5) is 15.8 Å². The summed E-state index contributed by atoms with van der Waals surface area (Å²) >= 11 is 0. The molecule has 1 amide bonds. The molecule has 0 aliphatic carbocycles. The number of hydrogen-bond acceptors (Lipinski definition) is 6. The number of nitrogens with zero attached hydrogens (tertiary/aromatic N) is 3. The molecule has 1 fully saturated rings. The second kappa shape index (κ2) is 9.44. The maximum Gasteiger partial charge on any atom is 0.274 e. The van der Waals surface area contributed by atoms with Gasteiger partial charge in [-0.3, -0.25) is 9.20 Å². The summed E-state index contributed by atoms with van der Waals surface area (Å²) in [6.45, 7) is 9.17. The Hall–Kier alpha value is -3.33. The number of aryl methyl sites for hydroxylation is 1. The van der Waals surface area contributed by atoms with Crippen molar-refractivity contribution in [3.8, 4) is 11.5 Å². The molecule has 8 nitrogen and oxygen atoms in total. The number of ether oxygens (including phenoxy) is 3. The molecule has 4 rings (SSSR count). The van der Waals surface area contributed by atoms with Crippen molar-refractivity contribution in [1.29, 1.82) is 0 Å². The smallest absolute Gasteiger partial charge is 0.274 e. The minimum atomic E-state index is -0.451. The van der Waals surface area contributed by atoms with Crippen LogP contribution in [-0.2, 0) is 4.74 Å². The molecule has 0 bridgehead atoms. The number of imidazole rings is 1. The zero-order valence-electron chi connectivity index (χ0n) is 18.5. The van der Waals surface area contributed by atoms with Gasteiger partial charge in [0.1, 0.15) is 28.7 Å². The lowest BCUT2D eigenvalue weighted by Crippen LogP contribution is -2.36. The van der Waals surface area contributed by atoms with Gasteiger partial charge in [0, 0.05) is 31.4 Å². The fourth-order valence-electron chi connectivity index (χ4n) is 3.84. The zero-order chi connectivity index (χ0) is 22.7. The Morgan fingerprint density at radius 2 is 1.88 bits per heavy atom. The molecule has 1 aliphatic rings. The maximum absolute atomic E-state index is 13.8. The first-order valence-corrected chi connectivity index (χ1v) is 10.7. The van der Waals surface area contributed by atoms with E-state index in [0.717, 1.165) is 18.8 Å². The number of morpholine rings is 1. The molecule has 32 heavy (non-hydrogen) atoms. The van der Waals surface area contributed by atoms with Gasteiger partial charge in [-0.05, 0) is 32.9 Å². The summed E-state index contributed by atoms with van der Waals surface area (Å²) < 4.78 is 32.5. The van der Waals surface area contributed by atoms with Crippen molar-refractivity contribution in [2.24, 2.45) is 0 Å². The lowest BCUT2D eigenvalue weighted by Gasteiger charge is -2.31. The SMILES string of the molecule is CCOc1cc(N2CCOCC2)c(OCC)cc1NC(=O)c1c(C)nc2ccc(F)cn12. The van der Waals surface area contributed by atoms with E-state index in [1.807, 2.05) is 19.9 Å². The minimum absolute atomic E-state index is 0.261. The van der Waals surface area contributed by atoms with Crippen LogP contribution in [0.1, 0.15) is 30.0 Å². The second-order valence-corrected chi connectivity index (χ2v) is 7.36. The van der Waals surface area contributed by atoms with E-state index in [1.165, 1.54) is 22.7 Å². The van der Waals surface area contributed by atoms with Gasteiger partial charge in [-0.2, -0.15) is 0 Å². The topological polar surface area (TPSA) is 77.3 Å². The highest BCUT2D eigenvalue weighted by Crippen LogP contribution is 2.39. The van der Waals surface area contributed by atoms with Crippen LogP contribution in [0.2, 0.25) is 0 Å². The van der Waals surface area contributed by atoms with E-state index in [-0.39, 0.29) is 5.69 Å². The van der Waals surface area contributed by atoms with Crippen LogP contribution >= 0.6 is 0 Å². The van der Waals surface area contributed by atoms with E-state index in [9.17, 15) is 9.18 Å². The van der Waals surface area contributed by atoms with Gasteiger partial charge >= 0.3 is 0 Å². The second-order valence-electron chi connectivity index (χ2n) is 7.36. The van der Waals surface area contributed by atoms with Crippen LogP contribution in [0.25, 0.3) is 5.65 Å². The number of anilines is 2. The van der Waals surface area contributed by atoms with Crippen LogP contribution in [0, 0.1) is 12.7 Å². The fraction of sp³-hybridized carbons (Fsp3) is 0.391. The zero-order valence-corrected chi connectivity index (χ0v) is 18.5. The van der Waals surface area contributed by atoms with Crippen molar-refractivity contribution < 1.29 is 23.4 Å². The van der Waals surface area contributed by atoms with Gasteiger partial charge in [0.05, 0.1) is 43.5 Å². The third kappa shape index (κ3) is 4.34. The molecule has 3 aromatic rings. The van der Waals surface area contributed by atoms with Crippen LogP contribution < -0.4 is 19.7 Å². The fourth-order valence-corrected chi connectivity index (χ4v) is 3.84. The van der Waals surface area contributed by atoms with Gasteiger partial charge in [0.15, 0.2) is 0 Å². The summed E-state index contributed by atoms with van der Waals surface area (Å²) in [4.78, 5) is 19.8. The number of hydrogen-bond donors (Lipinski definition) is 1. The van der Waals surface area contributed by atoms with E-state index in [4.69, 9.17) is 14.2 Å². The number of nitrogens with one attached hydrogen (secondary N) is 1. The molecule has 1 N–H and O–H groups in total. The van der Waals surface area contributed by atoms with Crippen LogP contribution in [0.15, 0.2) is 30.5 Å². The first kappa shape index (κ1) is 21.9. The van der Waals surface area contributed by atoms with Crippen molar-refractivity contribution in [2.75, 3.05) is 49.7 Å². The summed E-state index contributed by atoms with van der Waals surface area (Å²) in [6, 6.07) is 6.51. The Balaban J connectivity index is 1.72. The molecule has 0 saturated carbocycles. The monoisotopic (exact) mass is 442 g/mol. The number of halogens is 1. The van der Waals surface area contributed by atoms with Gasteiger partial charge in [0.2, 0.25) is 0 Å². The summed E-state index contributed by atoms with van der Waals surface area (Å²) in [5.74, 6) is 0.313. The van der Waals surface area contributed by atoms with E-state index in [1.54, 1.807) is 13.0 Å². The Morgan fingerprint density at radius 1 is 1.16 bits per heavy atom. The van der Waals surface area contributed by atoms with Crippen molar-refractivity contribution in [3.05, 3.63) is 47.7 Å². The Kier molecular flexibility index (Phi) is 6.45. The number of carbonyl (C=O) groups is 1. The molecule has 1 aromatic carbocycles. The number of fused-ring (bicyclic) bond motifs is 1. The highest BCUT2D eigenvalue weighted by Gasteiger charge is 2.23. The highest BCUT2D eigenvalue weighted by atomic mass is 19.1. The predicted octanol–water partition coefficient (Wildman–Crippen LogP) is 3.67. The molecule has 9 heteroatoms. The third-order valence-corrected chi connectivity index (χ3v) is 5.23. The van der Waals surface area contributed by atoms with Gasteiger partial charge < -0.3 is 24.4 Å². The molecular formula is C23H27FN4O4. The first-order chi connectivity index (χ1) is 15.5. The largest absolute Gasteiger partial charge is 0.492 e. The quantitative estimate of drug-likeness (QED) is 0.602. The third-order valence-electron chi connectivity index (χ3n) is 5.23. The summed E-state index contributed by atoms with van der Waals surface area (Å²) in [5, 5.41) is 2.91. The lowest BCUT2D eigenvalue weighted by atomic mass is 10.2. The Bertz CT molecular complexity index is 1120. The normalized spacial score (nSPS) is 13.9. The Morgan fingerprint density at radius 3 is 2.59 bits per heavy atom. The summed E-state index contributed by atoms with van der Waals surface area (Å²) in [5.41, 5.74) is 2.63. The van der Waals surface area contributed by atoms with Gasteiger partial charge in [-0.1, -0.05) is 0 Å². The number of rotatable bonds is 7. The molecule has 0 radical (unpaired) electrons. The molecular weight excluding hydrogens is 415 g/mol. The number of carbonyl (C=O) groups excluding carboxylic acids is 1. The van der Waals surface area contributed by atoms with Crippen molar-refractivity contribution >= 4 is 22.9 Å². The van der Waals surface area contributed by atoms with E-state index >= 15 is 0 Å². The molecule has 2 aromatic heterocycles. The van der Waals surface area contributed by atoms with E-state index in [0.29, 0.717) is 55.0 Å². The molecule has 0 spiro atoms. The first-order valence-electron chi connectivity index (χ1n) is 10.7. The molecule has 170 valence electrons. The average Bonchev–Trinajstić information content (AvgIpc) is 3.11. The summed E-state index contributed by atoms with van der Waals surface area (Å²) in [6.07, 6.45) is 1.25. The van der Waals surface area contributed by atoms with Crippen molar-refractivity contribution in [2.45, 2.75) is 20.8 Å². The van der Waals surface area contributed by atoms with Gasteiger partial charge in [0.25, 0.3) is 5.91 Å². The number of aromatic nitrogens is 2. The average molecular weight is 442 g/mol. The Labute approximate surface area is 185 Å². The van der Waals surface area contributed by atoms with E-state index < -0.39 is 11.7 Å². The highest BCUT2D eigenvalue weighted by molar-refractivity contribution is 6.05. The van der Waals surface area contributed by atoms with Gasteiger partial charge in [-0.25, -0.2) is 9.37 Å². The number of amides is 1. The van der Waals surface area contributed by atoms with Crippen LogP contribution in [-0.4, -0.2) is 54.8 Å². The minimum Gasteiger partial charge on any atom is -0.492 e. The van der Waals surface area contributed by atoms with Gasteiger partial charge in [-0.15, -0.1) is 0 Å². The lowest BCUT2D eigenvalue weighted by molar-refractivity contribution is 0.102. The molecule has 1 saturated heterocycles. The van der Waals surface area contributed by atoms with Crippen LogP contribution in [0.3, 0.4) is 0 Å². The molecule has 0 unspecified atom stereocenters. The van der Waals surface area contributed by atoms with Crippen molar-refractivity contribution in [1.82, 2.24) is 9.38 Å². The number of pyridine rings is 1. The number of benzene rings is 1. The molecule has 0 atom stereocenters. The molecule has 3 heterocycles. The summed E-state index contributed by atoms with van der Waals surface area (Å²) in [7, 11) is 0.